The quantitative estimate of drug-likeness (QED) is 0.725. The van der Waals surface area contributed by atoms with Gasteiger partial charge >= 0.3 is 0 Å². The lowest BCUT2D eigenvalue weighted by atomic mass is 9.64. The number of hydrogen-bond donors (Lipinski definition) is 0. The highest BCUT2D eigenvalue weighted by Gasteiger charge is 2.47. The molecule has 1 aromatic rings. The summed E-state index contributed by atoms with van der Waals surface area (Å²) in [5, 5.41) is 9.12. The lowest BCUT2D eigenvalue weighted by Crippen LogP contribution is -2.41. The highest BCUT2D eigenvalue weighted by Crippen LogP contribution is 2.42. The summed E-state index contributed by atoms with van der Waals surface area (Å²) in [7, 11) is 0. The van der Waals surface area contributed by atoms with E-state index < -0.39 is 5.41 Å². The molecule has 2 nitrogen and oxygen atoms in total. The average Bonchev–Trinajstić information content (AvgIpc) is 2.19. The Balaban J connectivity index is 2.53. The number of halogens is 1. The molecule has 1 fully saturated rings. The van der Waals surface area contributed by atoms with E-state index in [9.17, 15) is 9.18 Å². The van der Waals surface area contributed by atoms with Crippen molar-refractivity contribution in [2.45, 2.75) is 32.1 Å². The van der Waals surface area contributed by atoms with Gasteiger partial charge in [0.25, 0.3) is 0 Å². The number of carbonyl (C=O) groups is 1. The van der Waals surface area contributed by atoms with Crippen LogP contribution < -0.4 is 0 Å². The van der Waals surface area contributed by atoms with E-state index in [1.165, 1.54) is 6.07 Å². The molecule has 2 rings (SSSR count). The van der Waals surface area contributed by atoms with Crippen molar-refractivity contribution < 1.29 is 9.18 Å². The van der Waals surface area contributed by atoms with Gasteiger partial charge in [-0.3, -0.25) is 4.79 Å². The first kappa shape index (κ1) is 10.8. The molecule has 0 spiro atoms. The zero-order valence-electron chi connectivity index (χ0n) is 9.30. The van der Waals surface area contributed by atoms with Crippen molar-refractivity contribution >= 4 is 5.78 Å². The molecule has 0 amide bonds. The van der Waals surface area contributed by atoms with Crippen molar-refractivity contribution in [1.29, 1.82) is 5.26 Å². The van der Waals surface area contributed by atoms with Crippen molar-refractivity contribution in [3.8, 4) is 6.07 Å². The third-order valence-electron chi connectivity index (χ3n) is 3.31. The van der Waals surface area contributed by atoms with Crippen LogP contribution in [0.25, 0.3) is 0 Å². The van der Waals surface area contributed by atoms with E-state index >= 15 is 0 Å². The van der Waals surface area contributed by atoms with E-state index in [2.05, 4.69) is 6.07 Å². The Kier molecular flexibility index (Phi) is 2.31. The van der Waals surface area contributed by atoms with Crippen LogP contribution in [0.1, 0.15) is 29.5 Å². The molecule has 0 saturated heterocycles. The van der Waals surface area contributed by atoms with Gasteiger partial charge in [-0.2, -0.15) is 5.26 Å². The minimum absolute atomic E-state index is 0.0270. The molecule has 3 heteroatoms. The van der Waals surface area contributed by atoms with Crippen molar-refractivity contribution in [2.24, 2.45) is 0 Å². The van der Waals surface area contributed by atoms with Crippen LogP contribution in [0.5, 0.6) is 0 Å². The van der Waals surface area contributed by atoms with Gasteiger partial charge in [0.15, 0.2) is 0 Å². The van der Waals surface area contributed by atoms with Gasteiger partial charge in [-0.25, -0.2) is 4.39 Å². The lowest BCUT2D eigenvalue weighted by molar-refractivity contribution is -0.126. The van der Waals surface area contributed by atoms with Gasteiger partial charge < -0.3 is 0 Å². The molecule has 82 valence electrons. The van der Waals surface area contributed by atoms with E-state index in [0.29, 0.717) is 5.56 Å². The number of hydrogen-bond acceptors (Lipinski definition) is 2. The summed E-state index contributed by atoms with van der Waals surface area (Å²) in [6.45, 7) is 3.71. The molecule has 0 unspecified atom stereocenters. The highest BCUT2D eigenvalue weighted by molar-refractivity contribution is 5.90. The summed E-state index contributed by atoms with van der Waals surface area (Å²) in [6.07, 6.45) is 0.284. The van der Waals surface area contributed by atoms with Crippen LogP contribution in [-0.2, 0) is 10.2 Å². The monoisotopic (exact) mass is 217 g/mol. The van der Waals surface area contributed by atoms with Gasteiger partial charge in [-0.15, -0.1) is 0 Å². The van der Waals surface area contributed by atoms with Gasteiger partial charge in [-0.1, -0.05) is 6.07 Å². The van der Waals surface area contributed by atoms with Gasteiger partial charge in [-0.05, 0) is 31.0 Å². The van der Waals surface area contributed by atoms with Crippen LogP contribution in [-0.4, -0.2) is 5.78 Å². The number of ketones is 1. The Hall–Kier alpha value is -1.69. The Bertz CT molecular complexity index is 505. The van der Waals surface area contributed by atoms with Crippen LogP contribution >= 0.6 is 0 Å². The number of benzene rings is 1. The molecule has 0 bridgehead atoms. The third kappa shape index (κ3) is 1.42. The minimum atomic E-state index is -0.917. The van der Waals surface area contributed by atoms with E-state index in [-0.39, 0.29) is 24.4 Å². The maximum Gasteiger partial charge on any atom is 0.136 e. The average molecular weight is 217 g/mol. The van der Waals surface area contributed by atoms with Crippen molar-refractivity contribution in [3.05, 3.63) is 34.6 Å². The Labute approximate surface area is 93.7 Å². The first-order valence-electron chi connectivity index (χ1n) is 5.19. The maximum absolute atomic E-state index is 13.8. The zero-order valence-corrected chi connectivity index (χ0v) is 9.30. The second kappa shape index (κ2) is 3.41. The van der Waals surface area contributed by atoms with Gasteiger partial charge in [0.1, 0.15) is 11.6 Å². The van der Waals surface area contributed by atoms with Gasteiger partial charge in [0.05, 0.1) is 11.5 Å². The SMILES string of the molecule is Cc1cc(F)c(C2(C#N)CC(=O)C2)cc1C. The molecule has 0 atom stereocenters. The van der Waals surface area contributed by atoms with Gasteiger partial charge in [0.2, 0.25) is 0 Å². The summed E-state index contributed by atoms with van der Waals surface area (Å²) < 4.78 is 13.8. The molecular formula is C13H12FNO. The second-order valence-corrected chi connectivity index (χ2v) is 4.50. The molecule has 16 heavy (non-hydrogen) atoms. The third-order valence-corrected chi connectivity index (χ3v) is 3.31. The first-order chi connectivity index (χ1) is 7.48. The van der Waals surface area contributed by atoms with E-state index in [4.69, 9.17) is 5.26 Å². The van der Waals surface area contributed by atoms with E-state index in [1.54, 1.807) is 6.07 Å². The fourth-order valence-corrected chi connectivity index (χ4v) is 2.10. The molecule has 1 aliphatic rings. The molecule has 0 heterocycles. The number of rotatable bonds is 1. The second-order valence-electron chi connectivity index (χ2n) is 4.50. The number of Topliss-reactive ketones (excluding diaryl/α,β-unsaturated/α-hetero) is 1. The molecule has 0 aliphatic heterocycles. The van der Waals surface area contributed by atoms with Crippen molar-refractivity contribution in [3.63, 3.8) is 0 Å². The van der Waals surface area contributed by atoms with Crippen LogP contribution in [0, 0.1) is 31.0 Å². The molecule has 0 aromatic heterocycles. The molecule has 1 aromatic carbocycles. The highest BCUT2D eigenvalue weighted by atomic mass is 19.1. The normalized spacial score (nSPS) is 17.8. The fraction of sp³-hybridized carbons (Fsp3) is 0.385. The summed E-state index contributed by atoms with van der Waals surface area (Å²) >= 11 is 0. The van der Waals surface area contributed by atoms with Crippen molar-refractivity contribution in [2.75, 3.05) is 0 Å². The summed E-state index contributed by atoms with van der Waals surface area (Å²) in [6, 6.07) is 5.22. The fourth-order valence-electron chi connectivity index (χ4n) is 2.10. The topological polar surface area (TPSA) is 40.9 Å². The Morgan fingerprint density at radius 2 is 1.88 bits per heavy atom. The van der Waals surface area contributed by atoms with Crippen LogP contribution in [0.15, 0.2) is 12.1 Å². The summed E-state index contributed by atoms with van der Waals surface area (Å²) in [5.41, 5.74) is 1.27. The predicted octanol–water partition coefficient (Wildman–Crippen LogP) is 2.57. The smallest absolute Gasteiger partial charge is 0.136 e. The number of nitriles is 1. The van der Waals surface area contributed by atoms with Gasteiger partial charge in [0, 0.05) is 18.4 Å². The lowest BCUT2D eigenvalue weighted by Gasteiger charge is -2.34. The van der Waals surface area contributed by atoms with Crippen LogP contribution in [0.3, 0.4) is 0 Å². The summed E-state index contributed by atoms with van der Waals surface area (Å²) in [5.74, 6) is -0.351. The minimum Gasteiger partial charge on any atom is -0.300 e. The molecule has 0 radical (unpaired) electrons. The van der Waals surface area contributed by atoms with E-state index in [1.807, 2.05) is 13.8 Å². The molecule has 1 aliphatic carbocycles. The predicted molar refractivity (Wildman–Crippen MR) is 57.4 cm³/mol. The number of aryl methyl sites for hydroxylation is 2. The summed E-state index contributed by atoms with van der Waals surface area (Å²) in [4.78, 5) is 11.0. The van der Waals surface area contributed by atoms with Crippen LogP contribution in [0.4, 0.5) is 4.39 Å². The first-order valence-corrected chi connectivity index (χ1v) is 5.19. The number of nitrogens with zero attached hydrogens (tertiary/aromatic N) is 1. The zero-order chi connectivity index (χ0) is 11.9. The number of carbonyl (C=O) groups excluding carboxylic acids is 1. The Morgan fingerprint density at radius 1 is 1.31 bits per heavy atom. The molecular weight excluding hydrogens is 205 g/mol. The molecule has 0 N–H and O–H groups in total. The Morgan fingerprint density at radius 3 is 2.38 bits per heavy atom. The maximum atomic E-state index is 13.8. The molecule has 1 saturated carbocycles. The largest absolute Gasteiger partial charge is 0.300 e. The van der Waals surface area contributed by atoms with Crippen molar-refractivity contribution in [1.82, 2.24) is 0 Å². The van der Waals surface area contributed by atoms with Crippen LogP contribution in [0.2, 0.25) is 0 Å². The van der Waals surface area contributed by atoms with E-state index in [0.717, 1.165) is 11.1 Å². The standard InChI is InChI=1S/C13H12FNO/c1-8-3-11(12(14)4-9(8)2)13(7-15)5-10(16)6-13/h3-4H,5-6H2,1-2H3.